The lowest BCUT2D eigenvalue weighted by Crippen LogP contribution is -2.32. The van der Waals surface area contributed by atoms with E-state index < -0.39 is 12.0 Å². The predicted octanol–water partition coefficient (Wildman–Crippen LogP) is 0.981. The van der Waals surface area contributed by atoms with Gasteiger partial charge in [-0.05, 0) is 30.0 Å². The van der Waals surface area contributed by atoms with Crippen LogP contribution in [0.3, 0.4) is 0 Å². The molecule has 0 aromatic heterocycles. The van der Waals surface area contributed by atoms with Gasteiger partial charge in [0.25, 0.3) is 0 Å². The van der Waals surface area contributed by atoms with Gasteiger partial charge in [-0.15, -0.1) is 0 Å². The molecule has 5 nitrogen and oxygen atoms in total. The highest BCUT2D eigenvalue weighted by Gasteiger charge is 2.11. The van der Waals surface area contributed by atoms with E-state index in [4.69, 9.17) is 21.1 Å². The predicted molar refractivity (Wildman–Crippen MR) is 69.3 cm³/mol. The van der Waals surface area contributed by atoms with Gasteiger partial charge in [0.15, 0.2) is 0 Å². The number of aliphatic hydroxyl groups is 1. The number of rotatable bonds is 4. The van der Waals surface area contributed by atoms with E-state index in [1.54, 1.807) is 12.1 Å². The summed E-state index contributed by atoms with van der Waals surface area (Å²) >= 11 is 0. The molecule has 1 rings (SSSR count). The van der Waals surface area contributed by atoms with Gasteiger partial charge in [-0.2, -0.15) is 0 Å². The van der Waals surface area contributed by atoms with Gasteiger partial charge in [0, 0.05) is 6.61 Å². The molecule has 0 amide bonds. The van der Waals surface area contributed by atoms with Gasteiger partial charge in [-0.25, -0.2) is 0 Å². The van der Waals surface area contributed by atoms with Crippen LogP contribution in [0.5, 0.6) is 5.75 Å². The number of hydrogen-bond donors (Lipinski definition) is 4. The summed E-state index contributed by atoms with van der Waals surface area (Å²) < 4.78 is 0. The second-order valence-corrected chi connectivity index (χ2v) is 4.39. The molecule has 0 heterocycles. The van der Waals surface area contributed by atoms with Crippen molar-refractivity contribution in [2.24, 2.45) is 11.7 Å². The minimum atomic E-state index is -1.02. The smallest absolute Gasteiger partial charge is 0.320 e. The minimum absolute atomic E-state index is 0.160. The van der Waals surface area contributed by atoms with Crippen LogP contribution in [0.1, 0.15) is 19.4 Å². The number of benzene rings is 1. The number of hydrogen-bond acceptors (Lipinski definition) is 4. The molecule has 18 heavy (non-hydrogen) atoms. The first-order chi connectivity index (χ1) is 8.36. The quantitative estimate of drug-likeness (QED) is 0.642. The molecule has 0 unspecified atom stereocenters. The summed E-state index contributed by atoms with van der Waals surface area (Å²) in [7, 11) is 0. The molecular weight excluding hydrogens is 234 g/mol. The van der Waals surface area contributed by atoms with Gasteiger partial charge in [0.05, 0.1) is 0 Å². The maximum atomic E-state index is 10.4. The van der Waals surface area contributed by atoms with Crippen LogP contribution >= 0.6 is 0 Å². The summed E-state index contributed by atoms with van der Waals surface area (Å²) in [5.41, 5.74) is 6.12. The van der Waals surface area contributed by atoms with E-state index in [2.05, 4.69) is 0 Å². The van der Waals surface area contributed by atoms with Crippen LogP contribution in [0.25, 0.3) is 0 Å². The monoisotopic (exact) mass is 255 g/mol. The Bertz CT molecular complexity index is 349. The molecule has 0 saturated carbocycles. The second-order valence-electron chi connectivity index (χ2n) is 4.39. The first-order valence-electron chi connectivity index (χ1n) is 5.74. The third kappa shape index (κ3) is 7.65. The number of phenols is 1. The van der Waals surface area contributed by atoms with Crippen LogP contribution in [0.4, 0.5) is 0 Å². The average molecular weight is 255 g/mol. The van der Waals surface area contributed by atoms with Crippen molar-refractivity contribution in [2.75, 3.05) is 6.61 Å². The summed E-state index contributed by atoms with van der Waals surface area (Å²) in [6.45, 7) is 4.25. The fourth-order valence-corrected chi connectivity index (χ4v) is 0.973. The van der Waals surface area contributed by atoms with Crippen molar-refractivity contribution in [2.45, 2.75) is 26.3 Å². The van der Waals surface area contributed by atoms with Gasteiger partial charge in [0.2, 0.25) is 0 Å². The molecule has 0 fully saturated rings. The standard InChI is InChI=1S/C9H11NO3.C4H10O/c10-8(9(12)13)5-6-1-3-7(11)4-2-6;1-4(2)3-5/h1-4,8,11H,5,10H2,(H,12,13);4-5H,3H2,1-2H3/t8-;/m0./s1. The zero-order valence-electron chi connectivity index (χ0n) is 10.7. The summed E-state index contributed by atoms with van der Waals surface area (Å²) in [5.74, 6) is -0.421. The fourth-order valence-electron chi connectivity index (χ4n) is 0.973. The normalized spacial score (nSPS) is 11.6. The van der Waals surface area contributed by atoms with E-state index in [0.717, 1.165) is 5.56 Å². The van der Waals surface area contributed by atoms with E-state index in [1.165, 1.54) is 12.1 Å². The van der Waals surface area contributed by atoms with Crippen molar-refractivity contribution < 1.29 is 20.1 Å². The molecule has 5 heteroatoms. The van der Waals surface area contributed by atoms with E-state index in [0.29, 0.717) is 12.5 Å². The molecule has 1 aromatic carbocycles. The average Bonchev–Trinajstić information content (AvgIpc) is 2.32. The number of nitrogens with two attached hydrogens (primary N) is 1. The molecular formula is C13H21NO4. The summed E-state index contributed by atoms with van der Waals surface area (Å²) in [6, 6.07) is 5.42. The van der Waals surface area contributed by atoms with Crippen molar-refractivity contribution in [3.63, 3.8) is 0 Å². The van der Waals surface area contributed by atoms with Crippen molar-refractivity contribution in [1.29, 1.82) is 0 Å². The van der Waals surface area contributed by atoms with Gasteiger partial charge in [-0.1, -0.05) is 26.0 Å². The van der Waals surface area contributed by atoms with Crippen molar-refractivity contribution in [3.8, 4) is 5.75 Å². The van der Waals surface area contributed by atoms with Crippen LogP contribution in [-0.4, -0.2) is 33.9 Å². The Morgan fingerprint density at radius 1 is 1.28 bits per heavy atom. The topological polar surface area (TPSA) is 104 Å². The second kappa shape index (κ2) is 8.49. The summed E-state index contributed by atoms with van der Waals surface area (Å²) in [6.07, 6.45) is 0.273. The lowest BCUT2D eigenvalue weighted by Gasteiger charge is -2.05. The Kier molecular flexibility index (Phi) is 7.74. The first-order valence-corrected chi connectivity index (χ1v) is 5.74. The number of aromatic hydroxyl groups is 1. The number of carbonyl (C=O) groups is 1. The highest BCUT2D eigenvalue weighted by molar-refractivity contribution is 5.73. The minimum Gasteiger partial charge on any atom is -0.508 e. The van der Waals surface area contributed by atoms with E-state index in [9.17, 15) is 4.79 Å². The van der Waals surface area contributed by atoms with E-state index in [1.807, 2.05) is 13.8 Å². The van der Waals surface area contributed by atoms with Crippen LogP contribution in [0.15, 0.2) is 24.3 Å². The van der Waals surface area contributed by atoms with Crippen LogP contribution in [0.2, 0.25) is 0 Å². The third-order valence-corrected chi connectivity index (χ3v) is 2.07. The molecule has 0 saturated heterocycles. The largest absolute Gasteiger partial charge is 0.508 e. The SMILES string of the molecule is CC(C)CO.N[C@@H](Cc1ccc(O)cc1)C(=O)O. The molecule has 5 N–H and O–H groups in total. The Morgan fingerprint density at radius 3 is 2.06 bits per heavy atom. The lowest BCUT2D eigenvalue weighted by atomic mass is 10.1. The molecule has 1 aromatic rings. The van der Waals surface area contributed by atoms with Crippen LogP contribution in [-0.2, 0) is 11.2 Å². The van der Waals surface area contributed by atoms with Gasteiger partial charge >= 0.3 is 5.97 Å². The summed E-state index contributed by atoms with van der Waals surface area (Å²) in [5, 5.41) is 25.6. The summed E-state index contributed by atoms with van der Waals surface area (Å²) in [4.78, 5) is 10.4. The maximum Gasteiger partial charge on any atom is 0.320 e. The number of carboxylic acid groups (broad SMARTS) is 1. The highest BCUT2D eigenvalue weighted by Crippen LogP contribution is 2.10. The van der Waals surface area contributed by atoms with E-state index >= 15 is 0 Å². The Hall–Kier alpha value is -1.59. The van der Waals surface area contributed by atoms with Crippen LogP contribution in [0, 0.1) is 5.92 Å². The Balaban J connectivity index is 0.000000494. The Labute approximate surface area is 107 Å². The van der Waals surface area contributed by atoms with E-state index in [-0.39, 0.29) is 12.2 Å². The molecule has 0 aliphatic rings. The van der Waals surface area contributed by atoms with Gasteiger partial charge in [0.1, 0.15) is 11.8 Å². The third-order valence-electron chi connectivity index (χ3n) is 2.07. The molecule has 0 radical (unpaired) electrons. The van der Waals surface area contributed by atoms with Crippen molar-refractivity contribution in [1.82, 2.24) is 0 Å². The molecule has 0 spiro atoms. The van der Waals surface area contributed by atoms with Crippen LogP contribution < -0.4 is 5.73 Å². The molecule has 1 atom stereocenters. The molecule has 0 bridgehead atoms. The maximum absolute atomic E-state index is 10.4. The zero-order valence-corrected chi connectivity index (χ0v) is 10.7. The number of carboxylic acids is 1. The van der Waals surface area contributed by atoms with Gasteiger partial charge in [-0.3, -0.25) is 4.79 Å². The number of aliphatic carboxylic acids is 1. The first kappa shape index (κ1) is 16.4. The molecule has 0 aliphatic carbocycles. The lowest BCUT2D eigenvalue weighted by molar-refractivity contribution is -0.138. The fraction of sp³-hybridized carbons (Fsp3) is 0.462. The molecule has 102 valence electrons. The highest BCUT2D eigenvalue weighted by atomic mass is 16.4. The Morgan fingerprint density at radius 2 is 1.72 bits per heavy atom. The number of aliphatic hydroxyl groups excluding tert-OH is 1. The zero-order chi connectivity index (χ0) is 14.1. The number of phenolic OH excluding ortho intramolecular Hbond substituents is 1. The molecule has 0 aliphatic heterocycles. The van der Waals surface area contributed by atoms with Crippen molar-refractivity contribution >= 4 is 5.97 Å². The van der Waals surface area contributed by atoms with Crippen molar-refractivity contribution in [3.05, 3.63) is 29.8 Å². The van der Waals surface area contributed by atoms with Gasteiger partial charge < -0.3 is 21.1 Å².